The number of hydrogen-bond donors (Lipinski definition) is 0. The summed E-state index contributed by atoms with van der Waals surface area (Å²) in [6.45, 7) is 0. The van der Waals surface area contributed by atoms with Gasteiger partial charge in [-0.2, -0.15) is 0 Å². The third kappa shape index (κ3) is 2.01. The summed E-state index contributed by atoms with van der Waals surface area (Å²) in [5, 5.41) is 1.77. The quantitative estimate of drug-likeness (QED) is 0.758. The second kappa shape index (κ2) is 4.24. The van der Waals surface area contributed by atoms with Crippen LogP contribution in [-0.4, -0.2) is 6.29 Å². The summed E-state index contributed by atoms with van der Waals surface area (Å²) in [5.41, 5.74) is 1.23. The molecule has 0 amide bonds. The van der Waals surface area contributed by atoms with Crippen LogP contribution in [0.15, 0.2) is 34.1 Å². The van der Waals surface area contributed by atoms with Gasteiger partial charge in [-0.3, -0.25) is 4.79 Å². The number of carbonyl (C=O) groups is 1. The smallest absolute Gasteiger partial charge is 0.160 e. The maximum absolute atomic E-state index is 13.5. The normalized spacial score (nSPS) is 10.3. The standard InChI is InChI=1S/C11H6BrFOS/c12-9-2-1-3-10(13)11(9)7-4-8(5-14)15-6-7/h1-6H. The third-order valence-electron chi connectivity index (χ3n) is 1.99. The van der Waals surface area contributed by atoms with Crippen molar-refractivity contribution in [2.75, 3.05) is 0 Å². The number of carbonyl (C=O) groups excluding carboxylic acids is 1. The number of hydrogen-bond acceptors (Lipinski definition) is 2. The molecular weight excluding hydrogens is 279 g/mol. The summed E-state index contributed by atoms with van der Waals surface area (Å²) in [6, 6.07) is 6.49. The highest BCUT2D eigenvalue weighted by molar-refractivity contribution is 9.10. The Hall–Kier alpha value is -1.000. The first-order valence-electron chi connectivity index (χ1n) is 4.20. The lowest BCUT2D eigenvalue weighted by molar-refractivity contribution is 0.112. The molecule has 1 heterocycles. The molecule has 76 valence electrons. The van der Waals surface area contributed by atoms with E-state index in [9.17, 15) is 9.18 Å². The molecule has 0 N–H and O–H groups in total. The van der Waals surface area contributed by atoms with Crippen LogP contribution in [0.1, 0.15) is 9.67 Å². The summed E-state index contributed by atoms with van der Waals surface area (Å²) in [4.78, 5) is 11.1. The molecule has 2 aromatic rings. The van der Waals surface area contributed by atoms with E-state index < -0.39 is 0 Å². The van der Waals surface area contributed by atoms with E-state index >= 15 is 0 Å². The minimum atomic E-state index is -0.292. The largest absolute Gasteiger partial charge is 0.297 e. The summed E-state index contributed by atoms with van der Waals surface area (Å²) >= 11 is 4.60. The van der Waals surface area contributed by atoms with Gasteiger partial charge in [0.15, 0.2) is 6.29 Å². The van der Waals surface area contributed by atoms with E-state index in [-0.39, 0.29) is 5.82 Å². The Labute approximate surface area is 98.7 Å². The van der Waals surface area contributed by atoms with E-state index in [4.69, 9.17) is 0 Å². The zero-order chi connectivity index (χ0) is 10.8. The Morgan fingerprint density at radius 2 is 2.20 bits per heavy atom. The van der Waals surface area contributed by atoms with E-state index in [2.05, 4.69) is 15.9 Å². The van der Waals surface area contributed by atoms with Gasteiger partial charge in [-0.25, -0.2) is 4.39 Å². The maximum atomic E-state index is 13.5. The lowest BCUT2D eigenvalue weighted by Crippen LogP contribution is -1.83. The van der Waals surface area contributed by atoms with Crippen molar-refractivity contribution in [3.05, 3.63) is 44.8 Å². The van der Waals surface area contributed by atoms with Crippen LogP contribution in [0, 0.1) is 5.82 Å². The number of halogens is 2. The Bertz CT molecular complexity index is 487. The van der Waals surface area contributed by atoms with Crippen molar-refractivity contribution < 1.29 is 9.18 Å². The molecule has 0 unspecified atom stereocenters. The van der Waals surface area contributed by atoms with Crippen molar-refractivity contribution >= 4 is 33.6 Å². The van der Waals surface area contributed by atoms with Crippen LogP contribution in [0.25, 0.3) is 11.1 Å². The molecule has 1 nitrogen and oxygen atoms in total. The van der Waals surface area contributed by atoms with Crippen molar-refractivity contribution in [3.63, 3.8) is 0 Å². The van der Waals surface area contributed by atoms with Crippen molar-refractivity contribution in [1.82, 2.24) is 0 Å². The maximum Gasteiger partial charge on any atom is 0.160 e. The molecule has 0 spiro atoms. The van der Waals surface area contributed by atoms with E-state index in [0.29, 0.717) is 14.9 Å². The van der Waals surface area contributed by atoms with Crippen LogP contribution < -0.4 is 0 Å². The number of aldehydes is 1. The lowest BCUT2D eigenvalue weighted by atomic mass is 10.1. The van der Waals surface area contributed by atoms with Crippen LogP contribution in [0.5, 0.6) is 0 Å². The van der Waals surface area contributed by atoms with Gasteiger partial charge >= 0.3 is 0 Å². The first kappa shape index (κ1) is 10.5. The van der Waals surface area contributed by atoms with Gasteiger partial charge in [0.2, 0.25) is 0 Å². The van der Waals surface area contributed by atoms with Crippen LogP contribution in [0.4, 0.5) is 4.39 Å². The van der Waals surface area contributed by atoms with Gasteiger partial charge in [-0.05, 0) is 29.1 Å². The molecule has 0 fully saturated rings. The monoisotopic (exact) mass is 284 g/mol. The van der Waals surface area contributed by atoms with Crippen molar-refractivity contribution in [1.29, 1.82) is 0 Å². The molecule has 0 saturated heterocycles. The highest BCUT2D eigenvalue weighted by Crippen LogP contribution is 2.33. The van der Waals surface area contributed by atoms with E-state index in [1.807, 2.05) is 0 Å². The number of rotatable bonds is 2. The highest BCUT2D eigenvalue weighted by Gasteiger charge is 2.10. The molecule has 0 atom stereocenters. The summed E-state index contributed by atoms with van der Waals surface area (Å²) < 4.78 is 14.2. The molecule has 0 saturated carbocycles. The fourth-order valence-corrected chi connectivity index (χ4v) is 2.59. The molecule has 4 heteroatoms. The molecule has 0 bridgehead atoms. The Morgan fingerprint density at radius 3 is 2.80 bits per heavy atom. The Kier molecular flexibility index (Phi) is 2.98. The molecule has 1 aromatic heterocycles. The van der Waals surface area contributed by atoms with E-state index in [1.165, 1.54) is 17.4 Å². The summed E-state index contributed by atoms with van der Waals surface area (Å²) in [5.74, 6) is -0.292. The fraction of sp³-hybridized carbons (Fsp3) is 0. The first-order chi connectivity index (χ1) is 7.22. The van der Waals surface area contributed by atoms with Crippen LogP contribution in [0.3, 0.4) is 0 Å². The predicted octanol–water partition coefficient (Wildman–Crippen LogP) is 4.13. The molecule has 2 rings (SSSR count). The first-order valence-corrected chi connectivity index (χ1v) is 5.87. The van der Waals surface area contributed by atoms with Crippen molar-refractivity contribution in [2.24, 2.45) is 0 Å². The molecule has 1 aromatic carbocycles. The van der Waals surface area contributed by atoms with Crippen molar-refractivity contribution in [3.8, 4) is 11.1 Å². The average Bonchev–Trinajstić information content (AvgIpc) is 2.66. The predicted molar refractivity (Wildman–Crippen MR) is 62.8 cm³/mol. The average molecular weight is 285 g/mol. The molecule has 0 aliphatic heterocycles. The zero-order valence-electron chi connectivity index (χ0n) is 7.54. The van der Waals surface area contributed by atoms with Crippen LogP contribution >= 0.6 is 27.3 Å². The number of benzene rings is 1. The van der Waals surface area contributed by atoms with E-state index in [0.717, 1.165) is 11.8 Å². The molecule has 0 radical (unpaired) electrons. The molecule has 0 aliphatic carbocycles. The second-order valence-corrected chi connectivity index (χ2v) is 4.75. The Balaban J connectivity index is 2.58. The second-order valence-electron chi connectivity index (χ2n) is 2.95. The number of thiophene rings is 1. The van der Waals surface area contributed by atoms with E-state index in [1.54, 1.807) is 23.6 Å². The minimum Gasteiger partial charge on any atom is -0.297 e. The van der Waals surface area contributed by atoms with Gasteiger partial charge in [0.25, 0.3) is 0 Å². The fourth-order valence-electron chi connectivity index (χ4n) is 1.32. The lowest BCUT2D eigenvalue weighted by Gasteiger charge is -2.02. The summed E-state index contributed by atoms with van der Waals surface area (Å²) in [6.07, 6.45) is 0.767. The van der Waals surface area contributed by atoms with Crippen LogP contribution in [0.2, 0.25) is 0 Å². The van der Waals surface area contributed by atoms with Crippen molar-refractivity contribution in [2.45, 2.75) is 0 Å². The minimum absolute atomic E-state index is 0.292. The molecule has 15 heavy (non-hydrogen) atoms. The molecule has 0 aliphatic rings. The van der Waals surface area contributed by atoms with Crippen LogP contribution in [-0.2, 0) is 0 Å². The topological polar surface area (TPSA) is 17.1 Å². The molecular formula is C11H6BrFOS. The van der Waals surface area contributed by atoms with Gasteiger partial charge in [0.1, 0.15) is 5.82 Å². The van der Waals surface area contributed by atoms with Gasteiger partial charge in [-0.1, -0.05) is 22.0 Å². The Morgan fingerprint density at radius 1 is 1.40 bits per heavy atom. The van der Waals surface area contributed by atoms with Gasteiger partial charge in [0, 0.05) is 10.0 Å². The summed E-state index contributed by atoms with van der Waals surface area (Å²) in [7, 11) is 0. The van der Waals surface area contributed by atoms with Gasteiger partial charge in [-0.15, -0.1) is 11.3 Å². The highest BCUT2D eigenvalue weighted by atomic mass is 79.9. The van der Waals surface area contributed by atoms with Gasteiger partial charge in [0.05, 0.1) is 4.88 Å². The SMILES string of the molecule is O=Cc1cc(-c2c(F)cccc2Br)cs1. The zero-order valence-corrected chi connectivity index (χ0v) is 9.94. The third-order valence-corrected chi connectivity index (χ3v) is 3.51. The van der Waals surface area contributed by atoms with Gasteiger partial charge < -0.3 is 0 Å².